The zero-order valence-corrected chi connectivity index (χ0v) is 11.6. The predicted molar refractivity (Wildman–Crippen MR) is 74.8 cm³/mol. The highest BCUT2D eigenvalue weighted by atomic mass is 16.1. The summed E-state index contributed by atoms with van der Waals surface area (Å²) in [6.45, 7) is 3.20. The summed E-state index contributed by atoms with van der Waals surface area (Å²) in [5, 5.41) is 0. The highest BCUT2D eigenvalue weighted by molar-refractivity contribution is 5.80. The van der Waals surface area contributed by atoms with Gasteiger partial charge in [-0.1, -0.05) is 29.8 Å². The van der Waals surface area contributed by atoms with Crippen LogP contribution in [0.4, 0.5) is 0 Å². The minimum atomic E-state index is 0.411. The molecule has 98 valence electrons. The Bertz CT molecular complexity index is 425. The highest BCUT2D eigenvalue weighted by Gasteiger charge is 2.30. The zero-order chi connectivity index (χ0) is 13.1. The maximum atomic E-state index is 11.7. The summed E-state index contributed by atoms with van der Waals surface area (Å²) in [4.78, 5) is 14.0. The van der Waals surface area contributed by atoms with E-state index in [1.165, 1.54) is 11.1 Å². The molecule has 2 rings (SSSR count). The topological polar surface area (TPSA) is 20.3 Å². The Balaban J connectivity index is 2.22. The molecule has 1 aliphatic carbocycles. The molecule has 0 saturated heterocycles. The number of hydrogen-bond donors (Lipinski definition) is 0. The fraction of sp³-hybridized carbons (Fsp3) is 0.562. The van der Waals surface area contributed by atoms with Crippen LogP contribution in [0.3, 0.4) is 0 Å². The normalized spacial score (nSPS) is 24.6. The van der Waals surface area contributed by atoms with Crippen LogP contribution in [-0.4, -0.2) is 31.3 Å². The number of rotatable bonds is 3. The monoisotopic (exact) mass is 245 g/mol. The minimum absolute atomic E-state index is 0.411. The Kier molecular flexibility index (Phi) is 4.18. The fourth-order valence-electron chi connectivity index (χ4n) is 3.04. The fourth-order valence-corrected chi connectivity index (χ4v) is 3.04. The van der Waals surface area contributed by atoms with Gasteiger partial charge in [0, 0.05) is 19.4 Å². The number of carbonyl (C=O) groups is 1. The number of aryl methyl sites for hydroxylation is 1. The molecule has 0 heterocycles. The van der Waals surface area contributed by atoms with Gasteiger partial charge in [0.25, 0.3) is 0 Å². The van der Waals surface area contributed by atoms with E-state index in [1.807, 2.05) is 0 Å². The first-order valence-electron chi connectivity index (χ1n) is 6.79. The number of ketones is 1. The summed E-state index contributed by atoms with van der Waals surface area (Å²) >= 11 is 0. The van der Waals surface area contributed by atoms with Crippen LogP contribution in [0.5, 0.6) is 0 Å². The van der Waals surface area contributed by atoms with Gasteiger partial charge in [-0.25, -0.2) is 0 Å². The molecule has 0 radical (unpaired) electrons. The first-order chi connectivity index (χ1) is 8.56. The second-order valence-corrected chi connectivity index (χ2v) is 5.82. The lowest BCUT2D eigenvalue weighted by Gasteiger charge is -2.33. The van der Waals surface area contributed by atoms with E-state index in [2.05, 4.69) is 50.2 Å². The van der Waals surface area contributed by atoms with Gasteiger partial charge in [0.15, 0.2) is 0 Å². The quantitative estimate of drug-likeness (QED) is 0.816. The molecule has 0 aromatic heterocycles. The van der Waals surface area contributed by atoms with Crippen molar-refractivity contribution in [2.45, 2.75) is 32.1 Å². The largest absolute Gasteiger partial charge is 0.309 e. The van der Waals surface area contributed by atoms with Crippen molar-refractivity contribution in [3.8, 4) is 0 Å². The molecule has 1 saturated carbocycles. The van der Waals surface area contributed by atoms with Crippen LogP contribution < -0.4 is 0 Å². The molecule has 2 heteroatoms. The maximum Gasteiger partial charge on any atom is 0.133 e. The van der Waals surface area contributed by atoms with Crippen molar-refractivity contribution < 1.29 is 4.79 Å². The lowest BCUT2D eigenvalue weighted by molar-refractivity contribution is -0.121. The minimum Gasteiger partial charge on any atom is -0.309 e. The van der Waals surface area contributed by atoms with Crippen molar-refractivity contribution >= 4 is 5.78 Å². The maximum absolute atomic E-state index is 11.7. The molecule has 1 aromatic carbocycles. The molecule has 2 atom stereocenters. The molecule has 2 unspecified atom stereocenters. The van der Waals surface area contributed by atoms with E-state index in [1.54, 1.807) is 0 Å². The van der Waals surface area contributed by atoms with Crippen molar-refractivity contribution in [3.05, 3.63) is 35.4 Å². The molecular weight excluding hydrogens is 222 g/mol. The Morgan fingerprint density at radius 3 is 2.78 bits per heavy atom. The molecular formula is C16H23NO. The van der Waals surface area contributed by atoms with Crippen molar-refractivity contribution in [3.63, 3.8) is 0 Å². The van der Waals surface area contributed by atoms with Gasteiger partial charge in [-0.2, -0.15) is 0 Å². The van der Waals surface area contributed by atoms with Gasteiger partial charge >= 0.3 is 0 Å². The second kappa shape index (κ2) is 5.66. The number of benzene rings is 1. The van der Waals surface area contributed by atoms with Gasteiger partial charge in [0.1, 0.15) is 5.78 Å². The van der Waals surface area contributed by atoms with Crippen molar-refractivity contribution in [2.24, 2.45) is 5.92 Å². The van der Waals surface area contributed by atoms with Gasteiger partial charge in [-0.05, 0) is 44.8 Å². The number of nitrogens with zero attached hydrogens (tertiary/aromatic N) is 1. The van der Waals surface area contributed by atoms with Crippen LogP contribution in [0.25, 0.3) is 0 Å². The second-order valence-electron chi connectivity index (χ2n) is 5.82. The third kappa shape index (κ3) is 3.20. The molecule has 1 aliphatic rings. The van der Waals surface area contributed by atoms with Gasteiger partial charge in [-0.3, -0.25) is 4.79 Å². The third-order valence-electron chi connectivity index (χ3n) is 3.88. The summed E-state index contributed by atoms with van der Waals surface area (Å²) in [6.07, 6.45) is 2.53. The Labute approximate surface area is 110 Å². The lowest BCUT2D eigenvalue weighted by Crippen LogP contribution is -2.31. The average Bonchev–Trinajstić information content (AvgIpc) is 2.31. The van der Waals surface area contributed by atoms with Crippen LogP contribution in [0.1, 0.15) is 36.3 Å². The van der Waals surface area contributed by atoms with Gasteiger partial charge in [0.2, 0.25) is 0 Å². The van der Waals surface area contributed by atoms with E-state index >= 15 is 0 Å². The molecule has 0 spiro atoms. The summed E-state index contributed by atoms with van der Waals surface area (Å²) in [5.41, 5.74) is 2.63. The molecule has 18 heavy (non-hydrogen) atoms. The van der Waals surface area contributed by atoms with Crippen molar-refractivity contribution in [1.82, 2.24) is 4.90 Å². The summed E-state index contributed by atoms with van der Waals surface area (Å²) in [5.74, 6) is 1.45. The SMILES string of the molecule is Cc1cccc(C2CC(=O)CCC2CN(C)C)c1. The standard InChI is InChI=1S/C16H23NO/c1-12-5-4-6-13(9-12)16-10-15(18)8-7-14(16)11-17(2)3/h4-6,9,14,16H,7-8,10-11H2,1-3H3. The lowest BCUT2D eigenvalue weighted by atomic mass is 9.74. The van der Waals surface area contributed by atoms with E-state index in [-0.39, 0.29) is 0 Å². The van der Waals surface area contributed by atoms with Crippen LogP contribution in [0, 0.1) is 12.8 Å². The number of hydrogen-bond acceptors (Lipinski definition) is 2. The zero-order valence-electron chi connectivity index (χ0n) is 11.6. The Morgan fingerprint density at radius 1 is 1.33 bits per heavy atom. The van der Waals surface area contributed by atoms with Crippen molar-refractivity contribution in [2.75, 3.05) is 20.6 Å². The van der Waals surface area contributed by atoms with E-state index in [9.17, 15) is 4.79 Å². The molecule has 0 N–H and O–H groups in total. The van der Waals surface area contributed by atoms with Crippen LogP contribution in [0.2, 0.25) is 0 Å². The van der Waals surface area contributed by atoms with Gasteiger partial charge in [-0.15, -0.1) is 0 Å². The summed E-state index contributed by atoms with van der Waals surface area (Å²) < 4.78 is 0. The van der Waals surface area contributed by atoms with E-state index in [0.29, 0.717) is 17.6 Å². The van der Waals surface area contributed by atoms with Crippen LogP contribution in [0.15, 0.2) is 24.3 Å². The first-order valence-corrected chi connectivity index (χ1v) is 6.79. The molecule has 2 nitrogen and oxygen atoms in total. The third-order valence-corrected chi connectivity index (χ3v) is 3.88. The molecule has 0 bridgehead atoms. The average molecular weight is 245 g/mol. The molecule has 0 amide bonds. The smallest absolute Gasteiger partial charge is 0.133 e. The molecule has 0 aliphatic heterocycles. The Hall–Kier alpha value is -1.15. The van der Waals surface area contributed by atoms with Crippen molar-refractivity contribution in [1.29, 1.82) is 0 Å². The van der Waals surface area contributed by atoms with Crippen LogP contribution >= 0.6 is 0 Å². The first kappa shape index (κ1) is 13.3. The van der Waals surface area contributed by atoms with E-state index < -0.39 is 0 Å². The summed E-state index contributed by atoms with van der Waals surface area (Å²) in [6, 6.07) is 8.65. The predicted octanol–water partition coefficient (Wildman–Crippen LogP) is 3.01. The van der Waals surface area contributed by atoms with Gasteiger partial charge in [0.05, 0.1) is 0 Å². The summed E-state index contributed by atoms with van der Waals surface area (Å²) in [7, 11) is 4.23. The van der Waals surface area contributed by atoms with E-state index in [0.717, 1.165) is 25.8 Å². The number of carbonyl (C=O) groups excluding carboxylic acids is 1. The van der Waals surface area contributed by atoms with Gasteiger partial charge < -0.3 is 4.90 Å². The van der Waals surface area contributed by atoms with Crippen LogP contribution in [-0.2, 0) is 4.79 Å². The number of Topliss-reactive ketones (excluding diaryl/α,β-unsaturated/α-hetero) is 1. The van der Waals surface area contributed by atoms with E-state index in [4.69, 9.17) is 0 Å². The highest BCUT2D eigenvalue weighted by Crippen LogP contribution is 2.36. The molecule has 1 aromatic rings. The molecule has 1 fully saturated rings. The Morgan fingerprint density at radius 2 is 2.11 bits per heavy atom.